The number of pyridine rings is 3. The summed E-state index contributed by atoms with van der Waals surface area (Å²) in [4.78, 5) is 30.8. The Morgan fingerprint density at radius 3 is 2.77 bits per heavy atom. The van der Waals surface area contributed by atoms with Crippen LogP contribution in [0, 0.1) is 0 Å². The lowest BCUT2D eigenvalue weighted by Gasteiger charge is -2.33. The predicted molar refractivity (Wildman–Crippen MR) is 120 cm³/mol. The second-order valence-corrected chi connectivity index (χ2v) is 8.18. The number of rotatable bonds is 4. The van der Waals surface area contributed by atoms with E-state index in [1.807, 2.05) is 18.2 Å². The van der Waals surface area contributed by atoms with Crippen LogP contribution >= 0.6 is 11.3 Å². The van der Waals surface area contributed by atoms with Crippen molar-refractivity contribution in [3.05, 3.63) is 53.8 Å². The fourth-order valence-electron chi connectivity index (χ4n) is 3.45. The molecule has 0 radical (unpaired) electrons. The summed E-state index contributed by atoms with van der Waals surface area (Å²) in [5.74, 6) is 1.03. The van der Waals surface area contributed by atoms with Gasteiger partial charge in [0.25, 0.3) is 5.91 Å². The molecule has 0 atom stereocenters. The summed E-state index contributed by atoms with van der Waals surface area (Å²) >= 11 is 1.43. The Labute approximate surface area is 182 Å². The Kier molecular flexibility index (Phi) is 5.23. The van der Waals surface area contributed by atoms with E-state index in [4.69, 9.17) is 0 Å². The Morgan fingerprint density at radius 2 is 1.97 bits per heavy atom. The van der Waals surface area contributed by atoms with Crippen molar-refractivity contribution in [3.63, 3.8) is 0 Å². The van der Waals surface area contributed by atoms with Gasteiger partial charge in [0.05, 0.1) is 5.52 Å². The number of amides is 1. The number of piperazine rings is 1. The van der Waals surface area contributed by atoms with Gasteiger partial charge >= 0.3 is 0 Å². The van der Waals surface area contributed by atoms with Crippen LogP contribution in [0.5, 0.6) is 0 Å². The number of nitrogens with one attached hydrogen (secondary N) is 1. The number of hydrogen-bond acceptors (Lipinski definition) is 9. The Morgan fingerprint density at radius 1 is 1.10 bits per heavy atom. The van der Waals surface area contributed by atoms with Crippen molar-refractivity contribution < 1.29 is 4.79 Å². The standard InChI is InChI=1S/C21H20N8OS/c1-28-6-8-29(9-7-28)19-10-14(4-5-22-19)20(30)26-18-11-17-15(12-23-18)2-3-16(25-17)21-27-24-13-31-21/h2-5,10-13H,6-9H2,1H3,(H,23,26,30). The SMILES string of the molecule is CN1CCN(c2cc(C(=O)Nc3cc4nc(-c5nncs5)ccc4cn3)ccn2)CC1. The molecule has 1 amide bonds. The maximum absolute atomic E-state index is 12.8. The molecule has 0 saturated carbocycles. The van der Waals surface area contributed by atoms with Crippen molar-refractivity contribution in [1.82, 2.24) is 30.0 Å². The van der Waals surface area contributed by atoms with E-state index in [0.717, 1.165) is 53.6 Å². The van der Waals surface area contributed by atoms with Crippen LogP contribution in [0.3, 0.4) is 0 Å². The van der Waals surface area contributed by atoms with Crippen LogP contribution in [-0.4, -0.2) is 69.2 Å². The van der Waals surface area contributed by atoms with Crippen LogP contribution in [0.25, 0.3) is 21.6 Å². The van der Waals surface area contributed by atoms with Crippen molar-refractivity contribution in [2.45, 2.75) is 0 Å². The molecule has 0 spiro atoms. The molecule has 10 heteroatoms. The second-order valence-electron chi connectivity index (χ2n) is 7.35. The molecule has 5 rings (SSSR count). The lowest BCUT2D eigenvalue weighted by atomic mass is 10.2. The Hall–Kier alpha value is -3.50. The largest absolute Gasteiger partial charge is 0.354 e. The van der Waals surface area contributed by atoms with Gasteiger partial charge in [-0.3, -0.25) is 4.79 Å². The van der Waals surface area contributed by atoms with Crippen LogP contribution in [0.2, 0.25) is 0 Å². The molecule has 0 aromatic carbocycles. The number of carbonyl (C=O) groups is 1. The third kappa shape index (κ3) is 4.21. The van der Waals surface area contributed by atoms with E-state index >= 15 is 0 Å². The van der Waals surface area contributed by atoms with E-state index < -0.39 is 0 Å². The quantitative estimate of drug-likeness (QED) is 0.525. The average Bonchev–Trinajstić information content (AvgIpc) is 3.34. The van der Waals surface area contributed by atoms with E-state index in [0.29, 0.717) is 11.4 Å². The molecular formula is C21H20N8OS. The second kappa shape index (κ2) is 8.32. The summed E-state index contributed by atoms with van der Waals surface area (Å²) in [6, 6.07) is 9.12. The summed E-state index contributed by atoms with van der Waals surface area (Å²) in [5, 5.41) is 12.4. The predicted octanol–water partition coefficient (Wildman–Crippen LogP) is 2.55. The number of anilines is 2. The topological polar surface area (TPSA) is 100 Å². The van der Waals surface area contributed by atoms with E-state index in [2.05, 4.69) is 47.3 Å². The molecule has 1 N–H and O–H groups in total. The van der Waals surface area contributed by atoms with Gasteiger partial charge in [0, 0.05) is 55.6 Å². The van der Waals surface area contributed by atoms with E-state index in [1.165, 1.54) is 11.3 Å². The van der Waals surface area contributed by atoms with Gasteiger partial charge in [-0.25, -0.2) is 15.0 Å². The third-order valence-corrected chi connectivity index (χ3v) is 5.94. The molecule has 1 aliphatic heterocycles. The van der Waals surface area contributed by atoms with Gasteiger partial charge in [0.1, 0.15) is 22.8 Å². The van der Waals surface area contributed by atoms with Gasteiger partial charge in [-0.15, -0.1) is 10.2 Å². The fourth-order valence-corrected chi connectivity index (χ4v) is 3.97. The summed E-state index contributed by atoms with van der Waals surface area (Å²) in [5.41, 5.74) is 3.68. The summed E-state index contributed by atoms with van der Waals surface area (Å²) < 4.78 is 0. The molecule has 1 aliphatic rings. The zero-order chi connectivity index (χ0) is 21.2. The van der Waals surface area contributed by atoms with Crippen molar-refractivity contribution in [1.29, 1.82) is 0 Å². The lowest BCUT2D eigenvalue weighted by molar-refractivity contribution is 0.102. The monoisotopic (exact) mass is 432 g/mol. The molecule has 1 saturated heterocycles. The highest BCUT2D eigenvalue weighted by Gasteiger charge is 2.17. The summed E-state index contributed by atoms with van der Waals surface area (Å²) in [6.07, 6.45) is 3.37. The zero-order valence-corrected chi connectivity index (χ0v) is 17.7. The van der Waals surface area contributed by atoms with Gasteiger partial charge in [-0.2, -0.15) is 0 Å². The maximum Gasteiger partial charge on any atom is 0.257 e. The molecular weight excluding hydrogens is 412 g/mol. The first kappa shape index (κ1) is 19.5. The molecule has 31 heavy (non-hydrogen) atoms. The minimum atomic E-state index is -0.232. The molecule has 0 unspecified atom stereocenters. The van der Waals surface area contributed by atoms with Gasteiger partial charge in [0.2, 0.25) is 0 Å². The molecule has 0 aliphatic carbocycles. The molecule has 4 aromatic rings. The van der Waals surface area contributed by atoms with Crippen molar-refractivity contribution >= 4 is 39.8 Å². The van der Waals surface area contributed by atoms with Crippen molar-refractivity contribution in [3.8, 4) is 10.7 Å². The van der Waals surface area contributed by atoms with E-state index in [9.17, 15) is 4.79 Å². The Bertz CT molecular complexity index is 1220. The maximum atomic E-state index is 12.8. The van der Waals surface area contributed by atoms with E-state index in [1.54, 1.807) is 30.0 Å². The molecule has 9 nitrogen and oxygen atoms in total. The first-order chi connectivity index (χ1) is 15.2. The number of nitrogens with zero attached hydrogens (tertiary/aromatic N) is 7. The highest BCUT2D eigenvalue weighted by Crippen LogP contribution is 2.23. The first-order valence-corrected chi connectivity index (χ1v) is 10.8. The third-order valence-electron chi connectivity index (χ3n) is 5.23. The zero-order valence-electron chi connectivity index (χ0n) is 16.9. The minimum Gasteiger partial charge on any atom is -0.354 e. The molecule has 4 aromatic heterocycles. The Balaban J connectivity index is 1.35. The highest BCUT2D eigenvalue weighted by atomic mass is 32.1. The van der Waals surface area contributed by atoms with E-state index in [-0.39, 0.29) is 5.91 Å². The van der Waals surface area contributed by atoms with Crippen molar-refractivity contribution in [2.24, 2.45) is 0 Å². The molecule has 5 heterocycles. The number of hydrogen-bond donors (Lipinski definition) is 1. The summed E-state index contributed by atoms with van der Waals surface area (Å²) in [6.45, 7) is 3.74. The number of carbonyl (C=O) groups excluding carboxylic acids is 1. The number of aromatic nitrogens is 5. The fraction of sp³-hybridized carbons (Fsp3) is 0.238. The normalized spacial score (nSPS) is 14.7. The molecule has 1 fully saturated rings. The number of likely N-dealkylation sites (N-methyl/N-ethyl adjacent to an activating group) is 1. The lowest BCUT2D eigenvalue weighted by Crippen LogP contribution is -2.44. The van der Waals surface area contributed by atoms with Crippen LogP contribution in [0.1, 0.15) is 10.4 Å². The van der Waals surface area contributed by atoms with Gasteiger partial charge in [-0.1, -0.05) is 11.3 Å². The van der Waals surface area contributed by atoms with Crippen molar-refractivity contribution in [2.75, 3.05) is 43.4 Å². The molecule has 156 valence electrons. The van der Waals surface area contributed by atoms with Crippen LogP contribution < -0.4 is 10.2 Å². The summed E-state index contributed by atoms with van der Waals surface area (Å²) in [7, 11) is 2.11. The van der Waals surface area contributed by atoms with Crippen LogP contribution in [-0.2, 0) is 0 Å². The van der Waals surface area contributed by atoms with Crippen LogP contribution in [0.4, 0.5) is 11.6 Å². The van der Waals surface area contributed by atoms with Gasteiger partial charge in [0.15, 0.2) is 5.01 Å². The number of fused-ring (bicyclic) bond motifs is 1. The van der Waals surface area contributed by atoms with Gasteiger partial charge in [-0.05, 0) is 31.3 Å². The van der Waals surface area contributed by atoms with Gasteiger partial charge < -0.3 is 15.1 Å². The van der Waals surface area contributed by atoms with Crippen LogP contribution in [0.15, 0.2) is 48.2 Å². The molecule has 0 bridgehead atoms. The average molecular weight is 433 g/mol. The smallest absolute Gasteiger partial charge is 0.257 e. The minimum absolute atomic E-state index is 0.232. The first-order valence-electron chi connectivity index (χ1n) is 9.90. The highest BCUT2D eigenvalue weighted by molar-refractivity contribution is 7.12.